The third-order valence-corrected chi connectivity index (χ3v) is 4.45. The van der Waals surface area contributed by atoms with Crippen LogP contribution in [0.3, 0.4) is 0 Å². The molecule has 6 heteroatoms. The minimum Gasteiger partial charge on any atom is -0.489 e. The number of fused-ring (bicyclic) bond motifs is 1. The van der Waals surface area contributed by atoms with E-state index in [9.17, 15) is 9.18 Å². The highest BCUT2D eigenvalue weighted by atomic mass is 19.1. The molecule has 1 aliphatic carbocycles. The highest BCUT2D eigenvalue weighted by Crippen LogP contribution is 2.35. The third-order valence-electron chi connectivity index (χ3n) is 4.45. The van der Waals surface area contributed by atoms with Crippen LogP contribution in [0.25, 0.3) is 22.0 Å². The zero-order valence-corrected chi connectivity index (χ0v) is 16.8. The lowest BCUT2D eigenvalue weighted by molar-refractivity contribution is 0.298. The zero-order valence-electron chi connectivity index (χ0n) is 16.8. The minimum atomic E-state index is -0.395. The van der Waals surface area contributed by atoms with Crippen LogP contribution in [0.15, 0.2) is 35.4 Å². The molecule has 0 radical (unpaired) electrons. The minimum absolute atomic E-state index is 0. The molecule has 0 bridgehead atoms. The van der Waals surface area contributed by atoms with Gasteiger partial charge in [0.2, 0.25) is 0 Å². The molecular weight excluding hydrogens is 357 g/mol. The van der Waals surface area contributed by atoms with E-state index in [1.54, 1.807) is 26.4 Å². The summed E-state index contributed by atoms with van der Waals surface area (Å²) in [6, 6.07) is 4.17. The fraction of sp³-hybridized carbons (Fsp3) is 0.409. The molecule has 0 amide bonds. The summed E-state index contributed by atoms with van der Waals surface area (Å²) in [7, 11) is 1.67. The Balaban J connectivity index is 0.000000708. The second-order valence-corrected chi connectivity index (χ2v) is 7.24. The van der Waals surface area contributed by atoms with Gasteiger partial charge < -0.3 is 9.30 Å². The van der Waals surface area contributed by atoms with E-state index in [1.165, 1.54) is 42.0 Å². The Morgan fingerprint density at radius 3 is 2.68 bits per heavy atom. The molecule has 0 N–H and O–H groups in total. The SMILES string of the molecule is CCC.Cc1ncc(OCC2CC2)c(-c2cn(C)c(=O)c3ccc(F)cc23)n1.[HH]. The van der Waals surface area contributed by atoms with Crippen molar-refractivity contribution >= 4 is 10.8 Å². The van der Waals surface area contributed by atoms with Gasteiger partial charge in [-0.2, -0.15) is 0 Å². The first-order chi connectivity index (χ1) is 13.4. The number of ether oxygens (including phenoxy) is 1. The van der Waals surface area contributed by atoms with E-state index in [4.69, 9.17) is 4.74 Å². The van der Waals surface area contributed by atoms with Gasteiger partial charge in [0, 0.05) is 31.0 Å². The lowest BCUT2D eigenvalue weighted by atomic mass is 10.0. The first-order valence-corrected chi connectivity index (χ1v) is 9.70. The van der Waals surface area contributed by atoms with Crippen LogP contribution >= 0.6 is 0 Å². The van der Waals surface area contributed by atoms with Gasteiger partial charge in [0.25, 0.3) is 5.56 Å². The Morgan fingerprint density at radius 2 is 2.00 bits per heavy atom. The zero-order chi connectivity index (χ0) is 20.3. The first kappa shape index (κ1) is 20.0. The second-order valence-electron chi connectivity index (χ2n) is 7.24. The van der Waals surface area contributed by atoms with Gasteiger partial charge in [-0.25, -0.2) is 14.4 Å². The number of nitrogens with zero attached hydrogens (tertiary/aromatic N) is 3. The van der Waals surface area contributed by atoms with Gasteiger partial charge in [-0.3, -0.25) is 4.79 Å². The van der Waals surface area contributed by atoms with Crippen molar-refractivity contribution in [1.82, 2.24) is 14.5 Å². The number of hydrogen-bond donors (Lipinski definition) is 0. The van der Waals surface area contributed by atoms with Crippen molar-refractivity contribution in [3.05, 3.63) is 52.6 Å². The molecular formula is C22H28FN3O2. The van der Waals surface area contributed by atoms with Gasteiger partial charge in [0.15, 0.2) is 5.75 Å². The van der Waals surface area contributed by atoms with E-state index in [0.717, 1.165) is 0 Å². The molecule has 28 heavy (non-hydrogen) atoms. The molecule has 2 heterocycles. The number of rotatable bonds is 4. The van der Waals surface area contributed by atoms with Gasteiger partial charge in [-0.15, -0.1) is 0 Å². The molecule has 5 nitrogen and oxygen atoms in total. The maximum atomic E-state index is 13.8. The lowest BCUT2D eigenvalue weighted by Crippen LogP contribution is -2.17. The van der Waals surface area contributed by atoms with Gasteiger partial charge in [-0.1, -0.05) is 20.3 Å². The van der Waals surface area contributed by atoms with Gasteiger partial charge in [-0.05, 0) is 43.9 Å². The molecule has 150 valence electrons. The third kappa shape index (κ3) is 4.38. The number of pyridine rings is 1. The summed E-state index contributed by atoms with van der Waals surface area (Å²) in [5, 5.41) is 0.975. The summed E-state index contributed by atoms with van der Waals surface area (Å²) in [6.45, 7) is 6.66. The summed E-state index contributed by atoms with van der Waals surface area (Å²) >= 11 is 0. The molecule has 2 aromatic heterocycles. The van der Waals surface area contributed by atoms with Crippen molar-refractivity contribution in [1.29, 1.82) is 0 Å². The van der Waals surface area contributed by atoms with E-state index in [2.05, 4.69) is 23.8 Å². The van der Waals surface area contributed by atoms with Crippen molar-refractivity contribution in [3.8, 4) is 17.0 Å². The molecule has 4 rings (SSSR count). The number of aromatic nitrogens is 3. The molecule has 0 unspecified atom stereocenters. The monoisotopic (exact) mass is 385 g/mol. The molecule has 1 aliphatic rings. The Hall–Kier alpha value is -2.76. The van der Waals surface area contributed by atoms with Gasteiger partial charge >= 0.3 is 0 Å². The van der Waals surface area contributed by atoms with Crippen LogP contribution in [0.4, 0.5) is 4.39 Å². The molecule has 1 saturated carbocycles. The van der Waals surface area contributed by atoms with Gasteiger partial charge in [0.1, 0.15) is 17.3 Å². The van der Waals surface area contributed by atoms with Crippen molar-refractivity contribution < 1.29 is 10.6 Å². The van der Waals surface area contributed by atoms with Crippen LogP contribution in [-0.2, 0) is 7.05 Å². The largest absolute Gasteiger partial charge is 0.489 e. The van der Waals surface area contributed by atoms with E-state index < -0.39 is 5.82 Å². The highest BCUT2D eigenvalue weighted by molar-refractivity contribution is 5.96. The molecule has 0 spiro atoms. The lowest BCUT2D eigenvalue weighted by Gasteiger charge is -2.14. The predicted molar refractivity (Wildman–Crippen MR) is 111 cm³/mol. The molecule has 1 aromatic carbocycles. The van der Waals surface area contributed by atoms with Crippen LogP contribution in [0.1, 0.15) is 40.4 Å². The van der Waals surface area contributed by atoms with Crippen molar-refractivity contribution in [2.45, 2.75) is 40.0 Å². The predicted octanol–water partition coefficient (Wildman–Crippen LogP) is 4.89. The van der Waals surface area contributed by atoms with Crippen LogP contribution in [0.2, 0.25) is 0 Å². The normalized spacial score (nSPS) is 13.2. The number of aryl methyl sites for hydroxylation is 2. The van der Waals surface area contributed by atoms with Gasteiger partial charge in [0.05, 0.1) is 12.8 Å². The Morgan fingerprint density at radius 1 is 1.29 bits per heavy atom. The molecule has 0 atom stereocenters. The van der Waals surface area contributed by atoms with Crippen molar-refractivity contribution in [2.24, 2.45) is 13.0 Å². The number of halogens is 1. The van der Waals surface area contributed by atoms with E-state index in [-0.39, 0.29) is 6.99 Å². The van der Waals surface area contributed by atoms with Crippen LogP contribution < -0.4 is 10.3 Å². The quantitative estimate of drug-likeness (QED) is 0.641. The van der Waals surface area contributed by atoms with E-state index in [0.29, 0.717) is 46.1 Å². The summed E-state index contributed by atoms with van der Waals surface area (Å²) < 4.78 is 21.2. The maximum absolute atomic E-state index is 13.8. The van der Waals surface area contributed by atoms with Crippen LogP contribution in [0, 0.1) is 18.7 Å². The molecule has 0 saturated heterocycles. The Labute approximate surface area is 165 Å². The average molecular weight is 385 g/mol. The Bertz CT molecular complexity index is 1050. The summed E-state index contributed by atoms with van der Waals surface area (Å²) in [5.74, 6) is 1.34. The molecule has 3 aromatic rings. The summed E-state index contributed by atoms with van der Waals surface area (Å²) in [4.78, 5) is 21.1. The summed E-state index contributed by atoms with van der Waals surface area (Å²) in [6.07, 6.45) is 6.93. The van der Waals surface area contributed by atoms with Crippen molar-refractivity contribution in [3.63, 3.8) is 0 Å². The topological polar surface area (TPSA) is 57.0 Å². The van der Waals surface area contributed by atoms with E-state index in [1.807, 2.05) is 0 Å². The summed E-state index contributed by atoms with van der Waals surface area (Å²) in [5.41, 5.74) is 1.07. The van der Waals surface area contributed by atoms with E-state index >= 15 is 0 Å². The highest BCUT2D eigenvalue weighted by Gasteiger charge is 2.23. The maximum Gasteiger partial charge on any atom is 0.258 e. The number of hydrogen-bond acceptors (Lipinski definition) is 4. The van der Waals surface area contributed by atoms with Crippen LogP contribution in [-0.4, -0.2) is 21.1 Å². The average Bonchev–Trinajstić information content (AvgIpc) is 3.49. The Kier molecular flexibility index (Phi) is 6.07. The standard InChI is InChI=1S/C19H18FN3O2.C3H8.H2/c1-11-21-8-17(25-10-12-3-4-12)18(22-11)16-9-23(2)19(24)14-6-5-13(20)7-15(14)16;1-3-2;/h5-9,12H,3-4,10H2,1-2H3;3H2,1-2H3;1H. The van der Waals surface area contributed by atoms with Crippen molar-refractivity contribution in [2.75, 3.05) is 6.61 Å². The fourth-order valence-electron chi connectivity index (χ4n) is 2.88. The second kappa shape index (κ2) is 8.50. The molecule has 1 fully saturated rings. The molecule has 0 aliphatic heterocycles. The number of benzene rings is 1. The van der Waals surface area contributed by atoms with Crippen LogP contribution in [0.5, 0.6) is 5.75 Å². The fourth-order valence-corrected chi connectivity index (χ4v) is 2.88. The smallest absolute Gasteiger partial charge is 0.258 e. The first-order valence-electron chi connectivity index (χ1n) is 9.70.